The minimum absolute atomic E-state index is 0.425. The third-order valence-corrected chi connectivity index (χ3v) is 12.8. The summed E-state index contributed by atoms with van der Waals surface area (Å²) in [4.78, 5) is 2.50. The van der Waals surface area contributed by atoms with Gasteiger partial charge in [0, 0.05) is 23.0 Å². The average molecular weight is 786 g/mol. The van der Waals surface area contributed by atoms with Crippen molar-refractivity contribution < 1.29 is 0 Å². The highest BCUT2D eigenvalue weighted by Gasteiger charge is 2.22. The molecule has 10 rings (SSSR count). The fourth-order valence-corrected chi connectivity index (χ4v) is 9.44. The van der Waals surface area contributed by atoms with Crippen LogP contribution in [0.3, 0.4) is 0 Å². The molecule has 296 valence electrons. The number of nitrogens with zero attached hydrogens (tertiary/aromatic N) is 1. The summed E-state index contributed by atoms with van der Waals surface area (Å²) in [7, 11) is 0. The van der Waals surface area contributed by atoms with Crippen molar-refractivity contribution in [3.05, 3.63) is 258 Å². The maximum absolute atomic E-state index is 2.50. The van der Waals surface area contributed by atoms with Crippen molar-refractivity contribution in [1.82, 2.24) is 0 Å². The van der Waals surface area contributed by atoms with E-state index >= 15 is 0 Å². The molecule has 0 spiro atoms. The first-order valence-electron chi connectivity index (χ1n) is 22.1. The van der Waals surface area contributed by atoms with Crippen LogP contribution in [0.5, 0.6) is 0 Å². The highest BCUT2D eigenvalue weighted by atomic mass is 15.1. The van der Waals surface area contributed by atoms with E-state index in [1.165, 1.54) is 89.4 Å². The molecule has 6 aromatic carbocycles. The Kier molecular flexibility index (Phi) is 11.1. The monoisotopic (exact) mass is 785 g/mol. The van der Waals surface area contributed by atoms with E-state index in [0.717, 1.165) is 44.9 Å². The lowest BCUT2D eigenvalue weighted by Crippen LogP contribution is -2.18. The van der Waals surface area contributed by atoms with Crippen LogP contribution in [0.1, 0.15) is 62.0 Å². The first kappa shape index (κ1) is 38.3. The fourth-order valence-electron chi connectivity index (χ4n) is 9.44. The number of hydrogen-bond donors (Lipinski definition) is 0. The van der Waals surface area contributed by atoms with Crippen LogP contribution in [-0.4, -0.2) is 0 Å². The quantitative estimate of drug-likeness (QED) is 0.134. The molecule has 0 saturated carbocycles. The predicted octanol–water partition coefficient (Wildman–Crippen LogP) is 16.5. The van der Waals surface area contributed by atoms with Gasteiger partial charge in [0.25, 0.3) is 0 Å². The maximum Gasteiger partial charge on any atom is 0.0465 e. The lowest BCUT2D eigenvalue weighted by molar-refractivity contribution is 0.829. The third kappa shape index (κ3) is 8.43. The van der Waals surface area contributed by atoms with Gasteiger partial charge >= 0.3 is 0 Å². The molecule has 1 nitrogen and oxygen atoms in total. The standard InChI is InChI=1S/C60H51N/c1-5-13-44(14-6-1)47-21-25-50(26-22-47)52-33-37-56(38-34-52)61(57-39-35-53(36-40-57)51-27-23-48(24-28-51)45-15-7-2-8-16-45)58-41-42-59(60(43-58)54-19-11-4-12-20-54)55-31-29-49(30-32-55)46-17-9-3-10-18-46/h1-7,9-15,17-21,23,25-27,29-35,37-39,41-43,47H,8,16,22,24,28,36,40H2. The molecular formula is C60H51N. The molecule has 1 unspecified atom stereocenters. The SMILES string of the molecule is C1=CCCC(C2=CC=C(C3=CC=C(N(c4ccc(C5=CCC(c6ccccc6)C=C5)cc4)c4ccc(-c5ccc(-c6ccccc6)cc5)c(-c5ccccc5)c4)CC3)CC2)=C1. The topological polar surface area (TPSA) is 3.24 Å². The Hall–Kier alpha value is -6.96. The molecule has 4 aliphatic carbocycles. The number of benzene rings is 6. The van der Waals surface area contributed by atoms with Gasteiger partial charge in [-0.2, -0.15) is 0 Å². The van der Waals surface area contributed by atoms with Gasteiger partial charge < -0.3 is 4.90 Å². The summed E-state index contributed by atoms with van der Waals surface area (Å²) in [5.41, 5.74) is 20.9. The summed E-state index contributed by atoms with van der Waals surface area (Å²) in [6.45, 7) is 0. The van der Waals surface area contributed by atoms with E-state index in [9.17, 15) is 0 Å². The molecule has 0 aromatic heterocycles. The Morgan fingerprint density at radius 3 is 1.59 bits per heavy atom. The summed E-state index contributed by atoms with van der Waals surface area (Å²) in [6, 6.07) is 57.7. The van der Waals surface area contributed by atoms with E-state index in [-0.39, 0.29) is 0 Å². The van der Waals surface area contributed by atoms with Crippen molar-refractivity contribution >= 4 is 16.9 Å². The second kappa shape index (κ2) is 17.7. The van der Waals surface area contributed by atoms with Gasteiger partial charge in [0.05, 0.1) is 0 Å². The molecular weight excluding hydrogens is 735 g/mol. The Labute approximate surface area is 362 Å². The lowest BCUT2D eigenvalue weighted by atomic mass is 9.84. The van der Waals surface area contributed by atoms with Crippen LogP contribution in [0.4, 0.5) is 11.4 Å². The molecule has 6 aromatic rings. The third-order valence-electron chi connectivity index (χ3n) is 12.8. The van der Waals surface area contributed by atoms with Crippen LogP contribution in [0.2, 0.25) is 0 Å². The molecule has 1 atom stereocenters. The first-order valence-corrected chi connectivity index (χ1v) is 22.1. The summed E-state index contributed by atoms with van der Waals surface area (Å²) in [5, 5.41) is 0. The van der Waals surface area contributed by atoms with Gasteiger partial charge in [-0.25, -0.2) is 0 Å². The zero-order chi connectivity index (χ0) is 40.8. The number of anilines is 2. The van der Waals surface area contributed by atoms with Gasteiger partial charge in [-0.05, 0) is 148 Å². The molecule has 0 saturated heterocycles. The predicted molar refractivity (Wildman–Crippen MR) is 260 cm³/mol. The van der Waals surface area contributed by atoms with Crippen molar-refractivity contribution in [2.24, 2.45) is 0 Å². The molecule has 0 fully saturated rings. The number of hydrogen-bond acceptors (Lipinski definition) is 1. The van der Waals surface area contributed by atoms with Gasteiger partial charge in [-0.1, -0.05) is 188 Å². The van der Waals surface area contributed by atoms with Crippen molar-refractivity contribution in [3.63, 3.8) is 0 Å². The van der Waals surface area contributed by atoms with Gasteiger partial charge in [-0.3, -0.25) is 0 Å². The van der Waals surface area contributed by atoms with E-state index in [2.05, 4.69) is 223 Å². The van der Waals surface area contributed by atoms with E-state index in [1.54, 1.807) is 0 Å². The molecule has 0 N–H and O–H groups in total. The summed E-state index contributed by atoms with van der Waals surface area (Å²) < 4.78 is 0. The maximum atomic E-state index is 2.50. The second-order valence-electron chi connectivity index (χ2n) is 16.6. The molecule has 61 heavy (non-hydrogen) atoms. The molecule has 0 radical (unpaired) electrons. The summed E-state index contributed by atoms with van der Waals surface area (Å²) >= 11 is 0. The van der Waals surface area contributed by atoms with E-state index < -0.39 is 0 Å². The Bertz CT molecular complexity index is 2770. The zero-order valence-corrected chi connectivity index (χ0v) is 34.8. The van der Waals surface area contributed by atoms with Crippen LogP contribution in [0.25, 0.3) is 39.0 Å². The fraction of sp³-hybridized carbons (Fsp3) is 0.133. The van der Waals surface area contributed by atoms with Crippen molar-refractivity contribution in [1.29, 1.82) is 0 Å². The number of allylic oxidation sites excluding steroid dienone is 16. The van der Waals surface area contributed by atoms with Crippen LogP contribution >= 0.6 is 0 Å². The largest absolute Gasteiger partial charge is 0.314 e. The smallest absolute Gasteiger partial charge is 0.0465 e. The van der Waals surface area contributed by atoms with Crippen LogP contribution in [0, 0.1) is 0 Å². The first-order chi connectivity index (χ1) is 30.2. The van der Waals surface area contributed by atoms with Crippen LogP contribution in [-0.2, 0) is 0 Å². The van der Waals surface area contributed by atoms with Crippen molar-refractivity contribution in [2.45, 2.75) is 50.9 Å². The van der Waals surface area contributed by atoms with Crippen LogP contribution in [0.15, 0.2) is 246 Å². The van der Waals surface area contributed by atoms with Gasteiger partial charge in [0.15, 0.2) is 0 Å². The molecule has 0 amide bonds. The van der Waals surface area contributed by atoms with Gasteiger partial charge in [-0.15, -0.1) is 0 Å². The summed E-state index contributed by atoms with van der Waals surface area (Å²) in [5.74, 6) is 0.425. The number of rotatable bonds is 10. The van der Waals surface area contributed by atoms with Gasteiger partial charge in [0.1, 0.15) is 0 Å². The molecule has 1 heteroatoms. The molecule has 4 aliphatic rings. The zero-order valence-electron chi connectivity index (χ0n) is 34.8. The van der Waals surface area contributed by atoms with Gasteiger partial charge in [0.2, 0.25) is 0 Å². The minimum Gasteiger partial charge on any atom is -0.314 e. The van der Waals surface area contributed by atoms with Crippen molar-refractivity contribution in [2.75, 3.05) is 4.90 Å². The molecule has 0 bridgehead atoms. The lowest BCUT2D eigenvalue weighted by Gasteiger charge is -2.31. The van der Waals surface area contributed by atoms with E-state index in [0.29, 0.717) is 5.92 Å². The van der Waals surface area contributed by atoms with E-state index in [4.69, 9.17) is 0 Å². The second-order valence-corrected chi connectivity index (χ2v) is 16.6. The summed E-state index contributed by atoms with van der Waals surface area (Å²) in [6.07, 6.45) is 31.0. The highest BCUT2D eigenvalue weighted by Crippen LogP contribution is 2.43. The highest BCUT2D eigenvalue weighted by molar-refractivity contribution is 5.88. The minimum atomic E-state index is 0.425. The molecule has 0 heterocycles. The molecule has 0 aliphatic heterocycles. The van der Waals surface area contributed by atoms with E-state index in [1.807, 2.05) is 0 Å². The Balaban J connectivity index is 1.00. The van der Waals surface area contributed by atoms with Crippen LogP contribution < -0.4 is 4.90 Å². The Morgan fingerprint density at radius 2 is 0.984 bits per heavy atom. The average Bonchev–Trinajstić information content (AvgIpc) is 3.36. The normalized spacial score (nSPS) is 17.3. The van der Waals surface area contributed by atoms with Crippen molar-refractivity contribution in [3.8, 4) is 33.4 Å². The Morgan fingerprint density at radius 1 is 0.426 bits per heavy atom.